The number of nitrogens with one attached hydrogen (secondary N) is 1. The van der Waals surface area contributed by atoms with Crippen molar-refractivity contribution in [1.82, 2.24) is 5.32 Å². The van der Waals surface area contributed by atoms with Gasteiger partial charge in [0.05, 0.1) is 10.6 Å². The molecule has 20 heavy (non-hydrogen) atoms. The minimum Gasteiger partial charge on any atom is -0.480 e. The van der Waals surface area contributed by atoms with E-state index in [1.807, 2.05) is 13.8 Å². The van der Waals surface area contributed by atoms with Gasteiger partial charge in [-0.05, 0) is 30.9 Å². The number of aliphatic carboxylic acids is 1. The van der Waals surface area contributed by atoms with Gasteiger partial charge >= 0.3 is 5.97 Å². The van der Waals surface area contributed by atoms with Gasteiger partial charge in [-0.15, -0.1) is 0 Å². The van der Waals surface area contributed by atoms with Crippen LogP contribution in [-0.2, 0) is 4.79 Å². The Bertz CT molecular complexity index is 531. The van der Waals surface area contributed by atoms with E-state index in [4.69, 9.17) is 16.7 Å². The lowest BCUT2D eigenvalue weighted by Crippen LogP contribution is -2.42. The Balaban J connectivity index is 2.95. The maximum atomic E-state index is 13.9. The molecule has 0 saturated heterocycles. The number of amides is 1. The predicted molar refractivity (Wildman–Crippen MR) is 74.5 cm³/mol. The number of hydrogen-bond acceptors (Lipinski definition) is 2. The molecule has 0 unspecified atom stereocenters. The molecule has 1 amide bonds. The van der Waals surface area contributed by atoms with Crippen LogP contribution in [0.2, 0.25) is 5.02 Å². The number of rotatable bonds is 5. The van der Waals surface area contributed by atoms with E-state index in [0.717, 1.165) is 0 Å². The Morgan fingerprint density at radius 3 is 2.50 bits per heavy atom. The summed E-state index contributed by atoms with van der Waals surface area (Å²) in [6, 6.07) is 1.75. The van der Waals surface area contributed by atoms with Gasteiger partial charge in [0.1, 0.15) is 6.04 Å². The highest BCUT2D eigenvalue weighted by Gasteiger charge is 2.24. The minimum atomic E-state index is -1.15. The van der Waals surface area contributed by atoms with Gasteiger partial charge in [0.2, 0.25) is 0 Å². The number of carboxylic acids is 1. The Morgan fingerprint density at radius 2 is 2.00 bits per heavy atom. The van der Waals surface area contributed by atoms with Crippen molar-refractivity contribution in [2.75, 3.05) is 0 Å². The SMILES string of the molecule is Cc1ccc(C(=O)N[C@H](CC(C)C)C(=O)O)c(F)c1Cl. The molecule has 1 aromatic carbocycles. The van der Waals surface area contributed by atoms with Crippen molar-refractivity contribution < 1.29 is 19.1 Å². The van der Waals surface area contributed by atoms with Crippen LogP contribution in [0.15, 0.2) is 12.1 Å². The summed E-state index contributed by atoms with van der Waals surface area (Å²) in [7, 11) is 0. The molecule has 0 aliphatic rings. The van der Waals surface area contributed by atoms with E-state index in [0.29, 0.717) is 5.56 Å². The highest BCUT2D eigenvalue weighted by Crippen LogP contribution is 2.22. The maximum absolute atomic E-state index is 13.9. The monoisotopic (exact) mass is 301 g/mol. The van der Waals surface area contributed by atoms with Crippen LogP contribution < -0.4 is 5.32 Å². The van der Waals surface area contributed by atoms with Crippen molar-refractivity contribution in [1.29, 1.82) is 0 Å². The predicted octanol–water partition coefficient (Wildman–Crippen LogP) is 3.02. The molecule has 0 saturated carbocycles. The summed E-state index contributed by atoms with van der Waals surface area (Å²) in [6.45, 7) is 5.29. The number of aryl methyl sites for hydroxylation is 1. The van der Waals surface area contributed by atoms with Crippen LogP contribution in [0.4, 0.5) is 4.39 Å². The van der Waals surface area contributed by atoms with E-state index in [1.54, 1.807) is 6.92 Å². The van der Waals surface area contributed by atoms with Gasteiger partial charge in [-0.3, -0.25) is 4.79 Å². The molecule has 0 fully saturated rings. The van der Waals surface area contributed by atoms with E-state index in [2.05, 4.69) is 5.32 Å². The normalized spacial score (nSPS) is 12.3. The molecule has 110 valence electrons. The molecule has 0 aliphatic carbocycles. The van der Waals surface area contributed by atoms with Crippen LogP contribution in [-0.4, -0.2) is 23.0 Å². The fourth-order valence-electron chi connectivity index (χ4n) is 1.75. The highest BCUT2D eigenvalue weighted by molar-refractivity contribution is 6.31. The first-order valence-electron chi connectivity index (χ1n) is 6.22. The zero-order valence-electron chi connectivity index (χ0n) is 11.5. The van der Waals surface area contributed by atoms with Crippen LogP contribution in [0.1, 0.15) is 36.2 Å². The Morgan fingerprint density at radius 1 is 1.40 bits per heavy atom. The molecule has 4 nitrogen and oxygen atoms in total. The maximum Gasteiger partial charge on any atom is 0.326 e. The van der Waals surface area contributed by atoms with E-state index < -0.39 is 23.7 Å². The van der Waals surface area contributed by atoms with Crippen LogP contribution in [0.25, 0.3) is 0 Å². The van der Waals surface area contributed by atoms with Crippen molar-refractivity contribution in [2.45, 2.75) is 33.2 Å². The van der Waals surface area contributed by atoms with Gasteiger partial charge in [-0.25, -0.2) is 9.18 Å². The summed E-state index contributed by atoms with van der Waals surface area (Å²) < 4.78 is 13.9. The van der Waals surface area contributed by atoms with Gasteiger partial charge in [-0.1, -0.05) is 31.5 Å². The smallest absolute Gasteiger partial charge is 0.326 e. The lowest BCUT2D eigenvalue weighted by molar-refractivity contribution is -0.139. The summed E-state index contributed by atoms with van der Waals surface area (Å²) in [5, 5.41) is 11.2. The largest absolute Gasteiger partial charge is 0.480 e. The molecule has 0 spiro atoms. The van der Waals surface area contributed by atoms with Crippen molar-refractivity contribution in [2.24, 2.45) is 5.92 Å². The second-order valence-electron chi connectivity index (χ2n) is 5.05. The molecular weight excluding hydrogens is 285 g/mol. The molecule has 0 bridgehead atoms. The second kappa shape index (κ2) is 6.70. The highest BCUT2D eigenvalue weighted by atomic mass is 35.5. The standard InChI is InChI=1S/C14H17ClFNO3/c1-7(2)6-10(14(19)20)17-13(18)9-5-4-8(3)11(15)12(9)16/h4-5,7,10H,6H2,1-3H3,(H,17,18)(H,19,20)/t10-/m1/s1. The first-order chi connectivity index (χ1) is 9.23. The summed E-state index contributed by atoms with van der Waals surface area (Å²) in [6.07, 6.45) is 0.266. The fourth-order valence-corrected chi connectivity index (χ4v) is 1.92. The molecule has 0 radical (unpaired) electrons. The Hall–Kier alpha value is -1.62. The number of benzene rings is 1. The molecule has 1 rings (SSSR count). The van der Waals surface area contributed by atoms with E-state index >= 15 is 0 Å². The average molecular weight is 302 g/mol. The third kappa shape index (κ3) is 3.93. The second-order valence-corrected chi connectivity index (χ2v) is 5.43. The zero-order chi connectivity index (χ0) is 15.4. The number of carbonyl (C=O) groups is 2. The Kier molecular flexibility index (Phi) is 5.51. The topological polar surface area (TPSA) is 66.4 Å². The van der Waals surface area contributed by atoms with E-state index in [1.165, 1.54) is 12.1 Å². The number of carboxylic acid groups (broad SMARTS) is 1. The van der Waals surface area contributed by atoms with E-state index in [-0.39, 0.29) is 22.9 Å². The molecule has 0 aliphatic heterocycles. The van der Waals surface area contributed by atoms with Gasteiger partial charge in [0, 0.05) is 0 Å². The third-order valence-electron chi connectivity index (χ3n) is 2.83. The van der Waals surface area contributed by atoms with Gasteiger partial charge in [0.15, 0.2) is 5.82 Å². The van der Waals surface area contributed by atoms with Crippen molar-refractivity contribution in [3.8, 4) is 0 Å². The van der Waals surface area contributed by atoms with Crippen molar-refractivity contribution >= 4 is 23.5 Å². The molecular formula is C14H17ClFNO3. The summed E-state index contributed by atoms with van der Waals surface area (Å²) in [5.74, 6) is -2.68. The minimum absolute atomic E-state index is 0.0860. The van der Waals surface area contributed by atoms with Crippen LogP contribution in [0.3, 0.4) is 0 Å². The summed E-state index contributed by atoms with van der Waals surface area (Å²) in [4.78, 5) is 23.0. The number of carbonyl (C=O) groups excluding carboxylic acids is 1. The van der Waals surface area contributed by atoms with Crippen molar-refractivity contribution in [3.63, 3.8) is 0 Å². The Labute approximate surface area is 121 Å². The molecule has 2 N–H and O–H groups in total. The third-order valence-corrected chi connectivity index (χ3v) is 3.29. The van der Waals surface area contributed by atoms with Crippen molar-refractivity contribution in [3.05, 3.63) is 34.1 Å². The molecule has 0 heterocycles. The van der Waals surface area contributed by atoms with E-state index in [9.17, 15) is 14.0 Å². The van der Waals surface area contributed by atoms with Crippen LogP contribution in [0.5, 0.6) is 0 Å². The molecule has 1 atom stereocenters. The summed E-state index contributed by atoms with van der Waals surface area (Å²) >= 11 is 5.74. The number of halogens is 2. The van der Waals surface area contributed by atoms with Crippen LogP contribution >= 0.6 is 11.6 Å². The fraction of sp³-hybridized carbons (Fsp3) is 0.429. The van der Waals surface area contributed by atoms with Gasteiger partial charge in [-0.2, -0.15) is 0 Å². The molecule has 1 aromatic rings. The first kappa shape index (κ1) is 16.4. The number of hydrogen-bond donors (Lipinski definition) is 2. The molecule has 0 aromatic heterocycles. The first-order valence-corrected chi connectivity index (χ1v) is 6.60. The lowest BCUT2D eigenvalue weighted by Gasteiger charge is -2.17. The molecule has 6 heteroatoms. The average Bonchev–Trinajstić information content (AvgIpc) is 2.34. The summed E-state index contributed by atoms with van der Waals surface area (Å²) in [5.41, 5.74) is 0.258. The zero-order valence-corrected chi connectivity index (χ0v) is 12.3. The van der Waals surface area contributed by atoms with Gasteiger partial charge in [0.25, 0.3) is 5.91 Å². The van der Waals surface area contributed by atoms with Crippen LogP contribution in [0, 0.1) is 18.7 Å². The lowest BCUT2D eigenvalue weighted by atomic mass is 10.0. The quantitative estimate of drug-likeness (QED) is 0.878. The van der Waals surface area contributed by atoms with Gasteiger partial charge < -0.3 is 10.4 Å².